The summed E-state index contributed by atoms with van der Waals surface area (Å²) < 4.78 is 2.34. The van der Waals surface area contributed by atoms with Gasteiger partial charge in [0.25, 0.3) is 0 Å². The number of rotatable bonds is 7. The predicted octanol–water partition coefficient (Wildman–Crippen LogP) is 3.97. The van der Waals surface area contributed by atoms with Gasteiger partial charge in [0.2, 0.25) is 11.9 Å². The fourth-order valence-corrected chi connectivity index (χ4v) is 3.68. The number of amides is 1. The first-order chi connectivity index (χ1) is 12.6. The topological polar surface area (TPSA) is 50.2 Å². The molecule has 2 atom stereocenters. The summed E-state index contributed by atoms with van der Waals surface area (Å²) in [5, 5.41) is 3.15. The Balaban J connectivity index is 1.82. The monoisotopic (exact) mass is 356 g/mol. The third kappa shape index (κ3) is 4.02. The maximum absolute atomic E-state index is 12.6. The van der Waals surface area contributed by atoms with Crippen molar-refractivity contribution in [1.29, 1.82) is 0 Å². The van der Waals surface area contributed by atoms with Gasteiger partial charge in [0.05, 0.1) is 17.0 Å². The van der Waals surface area contributed by atoms with Crippen LogP contribution < -0.4 is 10.2 Å². The molecule has 1 fully saturated rings. The molecule has 1 aromatic carbocycles. The Morgan fingerprint density at radius 1 is 1.35 bits per heavy atom. The molecule has 142 valence electrons. The lowest BCUT2D eigenvalue weighted by Gasteiger charge is -2.33. The maximum atomic E-state index is 12.6. The van der Waals surface area contributed by atoms with Crippen molar-refractivity contribution in [2.45, 2.75) is 65.5 Å². The first-order valence-corrected chi connectivity index (χ1v) is 10.1. The summed E-state index contributed by atoms with van der Waals surface area (Å²) in [6.45, 7) is 9.11. The Labute approximate surface area is 156 Å². The Kier molecular flexibility index (Phi) is 6.17. The van der Waals surface area contributed by atoms with Gasteiger partial charge in [-0.3, -0.25) is 4.79 Å². The number of unbranched alkanes of at least 4 members (excludes halogenated alkanes) is 1. The molecular formula is C21H32N4O. The second-order valence-electron chi connectivity index (χ2n) is 7.51. The lowest BCUT2D eigenvalue weighted by Crippen LogP contribution is -2.46. The van der Waals surface area contributed by atoms with E-state index in [0.717, 1.165) is 63.2 Å². The number of anilines is 1. The molecule has 0 spiro atoms. The van der Waals surface area contributed by atoms with Crippen LogP contribution in [-0.2, 0) is 11.3 Å². The number of aryl methyl sites for hydroxylation is 1. The van der Waals surface area contributed by atoms with Gasteiger partial charge in [0, 0.05) is 25.7 Å². The molecular weight excluding hydrogens is 324 g/mol. The minimum atomic E-state index is 0.0530. The highest BCUT2D eigenvalue weighted by Gasteiger charge is 2.29. The zero-order chi connectivity index (χ0) is 18.5. The highest BCUT2D eigenvalue weighted by Crippen LogP contribution is 2.27. The number of hydrogen-bond acceptors (Lipinski definition) is 3. The van der Waals surface area contributed by atoms with E-state index < -0.39 is 0 Å². The van der Waals surface area contributed by atoms with Gasteiger partial charge in [0.1, 0.15) is 0 Å². The van der Waals surface area contributed by atoms with E-state index in [4.69, 9.17) is 4.98 Å². The number of nitrogens with one attached hydrogen (secondary N) is 1. The molecule has 2 heterocycles. The molecule has 1 saturated heterocycles. The van der Waals surface area contributed by atoms with Gasteiger partial charge in [-0.15, -0.1) is 0 Å². The summed E-state index contributed by atoms with van der Waals surface area (Å²) in [7, 11) is 0. The molecule has 3 rings (SSSR count). The van der Waals surface area contributed by atoms with Crippen molar-refractivity contribution in [3.8, 4) is 0 Å². The number of fused-ring (bicyclic) bond motifs is 1. The second kappa shape index (κ2) is 8.56. The number of benzene rings is 1. The first kappa shape index (κ1) is 18.7. The van der Waals surface area contributed by atoms with Crippen molar-refractivity contribution in [1.82, 2.24) is 14.9 Å². The van der Waals surface area contributed by atoms with E-state index in [1.807, 2.05) is 6.07 Å². The maximum Gasteiger partial charge on any atom is 0.225 e. The molecule has 0 radical (unpaired) electrons. The van der Waals surface area contributed by atoms with Gasteiger partial charge in [-0.2, -0.15) is 0 Å². The van der Waals surface area contributed by atoms with Crippen LogP contribution >= 0.6 is 0 Å². The van der Waals surface area contributed by atoms with Crippen LogP contribution in [0.2, 0.25) is 0 Å². The summed E-state index contributed by atoms with van der Waals surface area (Å²) in [6, 6.07) is 8.60. The molecule has 1 aliphatic heterocycles. The van der Waals surface area contributed by atoms with Crippen molar-refractivity contribution in [2.24, 2.45) is 5.92 Å². The van der Waals surface area contributed by atoms with Gasteiger partial charge in [-0.1, -0.05) is 32.4 Å². The number of carbonyl (C=O) groups excluding carboxylic acids is 1. The number of aromatic nitrogens is 2. The van der Waals surface area contributed by atoms with Crippen LogP contribution in [0.3, 0.4) is 0 Å². The summed E-state index contributed by atoms with van der Waals surface area (Å²) in [5.74, 6) is 1.28. The zero-order valence-corrected chi connectivity index (χ0v) is 16.4. The highest BCUT2D eigenvalue weighted by atomic mass is 16.2. The van der Waals surface area contributed by atoms with Gasteiger partial charge in [-0.25, -0.2) is 4.98 Å². The van der Waals surface area contributed by atoms with E-state index in [9.17, 15) is 4.79 Å². The van der Waals surface area contributed by atoms with Crippen LogP contribution in [0.1, 0.15) is 52.9 Å². The van der Waals surface area contributed by atoms with Crippen molar-refractivity contribution in [2.75, 3.05) is 18.0 Å². The minimum Gasteiger partial charge on any atom is -0.353 e. The number of nitrogens with zero attached hydrogens (tertiary/aromatic N) is 3. The van der Waals surface area contributed by atoms with Crippen LogP contribution in [0.15, 0.2) is 24.3 Å². The third-order valence-electron chi connectivity index (χ3n) is 5.45. The van der Waals surface area contributed by atoms with Crippen LogP contribution in [-0.4, -0.2) is 34.6 Å². The van der Waals surface area contributed by atoms with E-state index in [1.54, 1.807) is 0 Å². The van der Waals surface area contributed by atoms with E-state index in [2.05, 4.69) is 53.8 Å². The Hall–Kier alpha value is -2.04. The predicted molar refractivity (Wildman–Crippen MR) is 107 cm³/mol. The van der Waals surface area contributed by atoms with Crippen LogP contribution in [0, 0.1) is 5.92 Å². The molecule has 2 aromatic rings. The fourth-order valence-electron chi connectivity index (χ4n) is 3.68. The molecule has 5 heteroatoms. The number of piperidine rings is 1. The van der Waals surface area contributed by atoms with Crippen molar-refractivity contribution in [3.63, 3.8) is 0 Å². The fraction of sp³-hybridized carbons (Fsp3) is 0.619. The van der Waals surface area contributed by atoms with Gasteiger partial charge < -0.3 is 14.8 Å². The first-order valence-electron chi connectivity index (χ1n) is 10.1. The Bertz CT molecular complexity index is 739. The van der Waals surface area contributed by atoms with Crippen molar-refractivity contribution in [3.05, 3.63) is 24.3 Å². The van der Waals surface area contributed by atoms with Gasteiger partial charge in [0.15, 0.2) is 0 Å². The second-order valence-corrected chi connectivity index (χ2v) is 7.51. The molecule has 0 aliphatic carbocycles. The summed E-state index contributed by atoms with van der Waals surface area (Å²) in [4.78, 5) is 19.8. The summed E-state index contributed by atoms with van der Waals surface area (Å²) in [6.07, 6.45) is 5.27. The summed E-state index contributed by atoms with van der Waals surface area (Å²) >= 11 is 0. The molecule has 0 saturated carbocycles. The van der Waals surface area contributed by atoms with E-state index >= 15 is 0 Å². The average molecular weight is 357 g/mol. The third-order valence-corrected chi connectivity index (χ3v) is 5.45. The lowest BCUT2D eigenvalue weighted by molar-refractivity contribution is -0.125. The lowest BCUT2D eigenvalue weighted by atomic mass is 9.97. The van der Waals surface area contributed by atoms with Crippen LogP contribution in [0.4, 0.5) is 5.95 Å². The smallest absolute Gasteiger partial charge is 0.225 e. The van der Waals surface area contributed by atoms with Crippen LogP contribution in [0.25, 0.3) is 11.0 Å². The van der Waals surface area contributed by atoms with E-state index in [-0.39, 0.29) is 17.9 Å². The Morgan fingerprint density at radius 3 is 2.92 bits per heavy atom. The van der Waals surface area contributed by atoms with Crippen LogP contribution in [0.5, 0.6) is 0 Å². The molecule has 1 aromatic heterocycles. The average Bonchev–Trinajstić information content (AvgIpc) is 3.05. The Morgan fingerprint density at radius 2 is 2.15 bits per heavy atom. The molecule has 1 amide bonds. The highest BCUT2D eigenvalue weighted by molar-refractivity contribution is 5.81. The SMILES string of the molecule is CCCCn1c(N2CCC[C@@H](C(=O)N[C@@H](C)CC)C2)nc2ccccc21. The molecule has 1 N–H and O–H groups in total. The largest absolute Gasteiger partial charge is 0.353 e. The number of para-hydroxylation sites is 2. The van der Waals surface area contributed by atoms with Gasteiger partial charge >= 0.3 is 0 Å². The molecule has 5 nitrogen and oxygen atoms in total. The molecule has 1 aliphatic rings. The molecule has 0 bridgehead atoms. The molecule has 26 heavy (non-hydrogen) atoms. The number of imidazole rings is 1. The van der Waals surface area contributed by atoms with E-state index in [0.29, 0.717) is 0 Å². The van der Waals surface area contributed by atoms with E-state index in [1.165, 1.54) is 5.52 Å². The minimum absolute atomic E-state index is 0.0530. The normalized spacial score (nSPS) is 18.9. The quantitative estimate of drug-likeness (QED) is 0.817. The number of hydrogen-bond donors (Lipinski definition) is 1. The van der Waals surface area contributed by atoms with Crippen molar-refractivity contribution >= 4 is 22.9 Å². The standard InChI is InChI=1S/C21H32N4O/c1-4-6-14-25-19-12-8-7-11-18(19)23-21(25)24-13-9-10-17(15-24)20(26)22-16(3)5-2/h7-8,11-12,16-17H,4-6,9-10,13-15H2,1-3H3,(H,22,26)/t16-,17+/m0/s1. The zero-order valence-electron chi connectivity index (χ0n) is 16.4. The van der Waals surface area contributed by atoms with Crippen molar-refractivity contribution < 1.29 is 4.79 Å². The molecule has 0 unspecified atom stereocenters. The van der Waals surface area contributed by atoms with Gasteiger partial charge in [-0.05, 0) is 44.7 Å². The summed E-state index contributed by atoms with van der Waals surface area (Å²) in [5.41, 5.74) is 2.24. The number of carbonyl (C=O) groups is 1.